The van der Waals surface area contributed by atoms with Crippen molar-refractivity contribution in [2.45, 2.75) is 43.8 Å². The molecule has 2 atom stereocenters. The van der Waals surface area contributed by atoms with Crippen LogP contribution in [0, 0.1) is 11.6 Å². The maximum atomic E-state index is 15.8. The third kappa shape index (κ3) is 2.08. The number of hydrogen-bond acceptors (Lipinski definition) is 5. The summed E-state index contributed by atoms with van der Waals surface area (Å²) in [5.74, 6) is -3.31. The predicted octanol–water partition coefficient (Wildman–Crippen LogP) is 2.18. The number of nitrogens with zero attached hydrogens (tertiary/aromatic N) is 3. The SMILES string of the molecule is CN1C2(C)CN(c3c(F)c(N)c4c(=O)c(C(=O)O)cn(C5CC5)c4c3F)CC12C. The van der Waals surface area contributed by atoms with E-state index in [4.69, 9.17) is 5.73 Å². The second-order valence-electron chi connectivity index (χ2n) is 8.89. The fraction of sp³-hybridized carbons (Fsp3) is 0.500. The van der Waals surface area contributed by atoms with Crippen molar-refractivity contribution >= 4 is 28.2 Å². The highest BCUT2D eigenvalue weighted by molar-refractivity contribution is 6.00. The number of pyridine rings is 1. The molecule has 1 aliphatic carbocycles. The van der Waals surface area contributed by atoms with Gasteiger partial charge in [0, 0.05) is 25.3 Å². The molecule has 2 aliphatic heterocycles. The molecular formula is C20H22F2N4O3. The molecule has 154 valence electrons. The summed E-state index contributed by atoms with van der Waals surface area (Å²) in [6, 6.07) is -0.128. The van der Waals surface area contributed by atoms with Crippen LogP contribution in [0.5, 0.6) is 0 Å². The van der Waals surface area contributed by atoms with E-state index in [-0.39, 0.29) is 28.3 Å². The van der Waals surface area contributed by atoms with E-state index in [9.17, 15) is 14.7 Å². The number of aromatic carboxylic acids is 1. The molecule has 3 fully saturated rings. The second-order valence-corrected chi connectivity index (χ2v) is 8.89. The van der Waals surface area contributed by atoms with Gasteiger partial charge in [-0.1, -0.05) is 0 Å². The Morgan fingerprint density at radius 2 is 1.79 bits per heavy atom. The lowest BCUT2D eigenvalue weighted by atomic mass is 10.0. The molecule has 3 aliphatic rings. The average Bonchev–Trinajstić information content (AvgIpc) is 3.52. The van der Waals surface area contributed by atoms with E-state index in [0.29, 0.717) is 13.1 Å². The average molecular weight is 404 g/mol. The monoisotopic (exact) mass is 404 g/mol. The first-order valence-electron chi connectivity index (χ1n) is 9.60. The van der Waals surface area contributed by atoms with E-state index in [1.54, 1.807) is 4.90 Å². The minimum atomic E-state index is -1.45. The number of halogens is 2. The quantitative estimate of drug-likeness (QED) is 0.602. The number of aromatic nitrogens is 1. The number of fused-ring (bicyclic) bond motifs is 2. The molecule has 0 amide bonds. The van der Waals surface area contributed by atoms with E-state index in [1.165, 1.54) is 4.57 Å². The van der Waals surface area contributed by atoms with Crippen LogP contribution < -0.4 is 16.1 Å². The van der Waals surface area contributed by atoms with Crippen molar-refractivity contribution in [1.29, 1.82) is 0 Å². The number of nitrogens with two attached hydrogens (primary N) is 1. The Kier molecular flexibility index (Phi) is 3.33. The standard InChI is InChI=1S/C20H22F2N4O3/c1-19-7-25(8-20(19,2)24(19)3)16-12(21)14(23)11-15(13(16)22)26(9-4-5-9)6-10(17(11)27)18(28)29/h6,9H,4-5,7-8,23H2,1-3H3,(H,28,29). The van der Waals surface area contributed by atoms with Gasteiger partial charge in [-0.05, 0) is 33.7 Å². The zero-order chi connectivity index (χ0) is 21.0. The van der Waals surface area contributed by atoms with Gasteiger partial charge in [-0.15, -0.1) is 0 Å². The number of anilines is 2. The van der Waals surface area contributed by atoms with Crippen molar-refractivity contribution in [1.82, 2.24) is 9.47 Å². The Labute approximate surface area is 165 Å². The number of nitrogen functional groups attached to an aromatic ring is 1. The van der Waals surface area contributed by atoms with E-state index in [0.717, 1.165) is 19.0 Å². The van der Waals surface area contributed by atoms with Gasteiger partial charge in [0.1, 0.15) is 11.3 Å². The Morgan fingerprint density at radius 3 is 2.31 bits per heavy atom. The number of carbonyl (C=O) groups is 1. The van der Waals surface area contributed by atoms with Gasteiger partial charge in [-0.2, -0.15) is 0 Å². The van der Waals surface area contributed by atoms with E-state index in [1.807, 2.05) is 20.9 Å². The fourth-order valence-electron chi connectivity index (χ4n) is 5.08. The first-order valence-corrected chi connectivity index (χ1v) is 9.60. The summed E-state index contributed by atoms with van der Waals surface area (Å²) in [6.07, 6.45) is 2.62. The predicted molar refractivity (Wildman–Crippen MR) is 105 cm³/mol. The zero-order valence-electron chi connectivity index (χ0n) is 16.4. The summed E-state index contributed by atoms with van der Waals surface area (Å²) in [5.41, 5.74) is 3.23. The lowest BCUT2D eigenvalue weighted by Gasteiger charge is -2.27. The Balaban J connectivity index is 1.79. The Hall–Kier alpha value is -2.68. The molecule has 29 heavy (non-hydrogen) atoms. The molecule has 0 bridgehead atoms. The topological polar surface area (TPSA) is 91.6 Å². The summed E-state index contributed by atoms with van der Waals surface area (Å²) < 4.78 is 32.5. The van der Waals surface area contributed by atoms with Gasteiger partial charge < -0.3 is 20.3 Å². The Bertz CT molecular complexity index is 1160. The van der Waals surface area contributed by atoms with Crippen molar-refractivity contribution in [3.63, 3.8) is 0 Å². The number of piperazine rings is 1. The van der Waals surface area contributed by atoms with Crippen molar-refractivity contribution in [3.8, 4) is 0 Å². The summed E-state index contributed by atoms with van der Waals surface area (Å²) in [5, 5.41) is 8.98. The number of carboxylic acid groups (broad SMARTS) is 1. The second kappa shape index (κ2) is 5.27. The van der Waals surface area contributed by atoms with Gasteiger partial charge in [-0.3, -0.25) is 9.69 Å². The van der Waals surface area contributed by atoms with Gasteiger partial charge in [0.05, 0.1) is 27.7 Å². The lowest BCUT2D eigenvalue weighted by Crippen LogP contribution is -2.35. The highest BCUT2D eigenvalue weighted by atomic mass is 19.1. The van der Waals surface area contributed by atoms with Crippen LogP contribution in [-0.2, 0) is 0 Å². The Morgan fingerprint density at radius 1 is 1.21 bits per heavy atom. The van der Waals surface area contributed by atoms with Gasteiger partial charge >= 0.3 is 5.97 Å². The first kappa shape index (κ1) is 18.4. The highest BCUT2D eigenvalue weighted by Crippen LogP contribution is 2.56. The van der Waals surface area contributed by atoms with Crippen molar-refractivity contribution in [2.24, 2.45) is 0 Å². The van der Waals surface area contributed by atoms with Crippen LogP contribution >= 0.6 is 0 Å². The van der Waals surface area contributed by atoms with Crippen LogP contribution in [0.3, 0.4) is 0 Å². The van der Waals surface area contributed by atoms with Crippen LogP contribution in [0.2, 0.25) is 0 Å². The summed E-state index contributed by atoms with van der Waals surface area (Å²) in [6.45, 7) is 4.96. The fourth-order valence-corrected chi connectivity index (χ4v) is 5.08. The van der Waals surface area contributed by atoms with Crippen LogP contribution in [0.1, 0.15) is 43.1 Å². The molecule has 5 rings (SSSR count). The number of likely N-dealkylation sites (N-methyl/N-ethyl adjacent to an activating group) is 1. The largest absolute Gasteiger partial charge is 0.477 e. The van der Waals surface area contributed by atoms with Crippen molar-refractivity contribution in [3.05, 3.63) is 33.6 Å². The minimum absolute atomic E-state index is 0.111. The number of carboxylic acids is 1. The molecule has 0 radical (unpaired) electrons. The molecule has 0 spiro atoms. The molecular weight excluding hydrogens is 382 g/mol. The zero-order valence-corrected chi connectivity index (χ0v) is 16.4. The first-order chi connectivity index (χ1) is 13.5. The molecule has 1 aromatic heterocycles. The smallest absolute Gasteiger partial charge is 0.341 e. The molecule has 3 heterocycles. The van der Waals surface area contributed by atoms with Gasteiger partial charge in [0.2, 0.25) is 5.43 Å². The lowest BCUT2D eigenvalue weighted by molar-refractivity contribution is 0.0695. The number of hydrogen-bond donors (Lipinski definition) is 2. The molecule has 7 nitrogen and oxygen atoms in total. The molecule has 2 unspecified atom stereocenters. The van der Waals surface area contributed by atoms with E-state index >= 15 is 8.78 Å². The molecule has 1 saturated carbocycles. The molecule has 9 heteroatoms. The number of benzene rings is 1. The summed E-state index contributed by atoms with van der Waals surface area (Å²) >= 11 is 0. The van der Waals surface area contributed by atoms with Crippen molar-refractivity contribution < 1.29 is 18.7 Å². The van der Waals surface area contributed by atoms with Gasteiger partial charge in [-0.25, -0.2) is 13.6 Å². The maximum Gasteiger partial charge on any atom is 0.341 e. The van der Waals surface area contributed by atoms with Crippen LogP contribution in [0.4, 0.5) is 20.2 Å². The van der Waals surface area contributed by atoms with Crippen LogP contribution in [0.25, 0.3) is 10.9 Å². The van der Waals surface area contributed by atoms with Gasteiger partial charge in [0.25, 0.3) is 0 Å². The third-order valence-electron chi connectivity index (χ3n) is 7.44. The van der Waals surface area contributed by atoms with E-state index < -0.39 is 39.7 Å². The van der Waals surface area contributed by atoms with Gasteiger partial charge in [0.15, 0.2) is 11.6 Å². The third-order valence-corrected chi connectivity index (χ3v) is 7.44. The molecule has 3 N–H and O–H groups in total. The maximum absolute atomic E-state index is 15.8. The highest BCUT2D eigenvalue weighted by Gasteiger charge is 2.72. The van der Waals surface area contributed by atoms with E-state index in [2.05, 4.69) is 4.90 Å². The number of rotatable bonds is 3. The van der Waals surface area contributed by atoms with Crippen LogP contribution in [0.15, 0.2) is 11.0 Å². The molecule has 2 saturated heterocycles. The van der Waals surface area contributed by atoms with Crippen LogP contribution in [-0.4, -0.2) is 51.8 Å². The van der Waals surface area contributed by atoms with Crippen molar-refractivity contribution in [2.75, 3.05) is 30.8 Å². The molecule has 1 aromatic carbocycles. The molecule has 2 aromatic rings. The summed E-state index contributed by atoms with van der Waals surface area (Å²) in [4.78, 5) is 28.0. The summed E-state index contributed by atoms with van der Waals surface area (Å²) in [7, 11) is 1.98. The normalized spacial score (nSPS) is 30.7. The minimum Gasteiger partial charge on any atom is -0.477 e.